The van der Waals surface area contributed by atoms with Gasteiger partial charge in [0.05, 0.1) is 12.1 Å². The Hall–Kier alpha value is -2.76. The molecule has 3 nitrogen and oxygen atoms in total. The van der Waals surface area contributed by atoms with Crippen molar-refractivity contribution in [3.8, 4) is 0 Å². The maximum atomic E-state index is 14.0. The van der Waals surface area contributed by atoms with Gasteiger partial charge in [-0.2, -0.15) is 0 Å². The highest BCUT2D eigenvalue weighted by Crippen LogP contribution is 2.26. The van der Waals surface area contributed by atoms with Crippen LogP contribution in [0.2, 0.25) is 0 Å². The van der Waals surface area contributed by atoms with Crippen molar-refractivity contribution in [2.75, 3.05) is 6.61 Å². The molecule has 0 unspecified atom stereocenters. The minimum atomic E-state index is -0.627. The molecule has 1 aliphatic rings. The van der Waals surface area contributed by atoms with Crippen LogP contribution in [0.4, 0.5) is 4.39 Å². The molecule has 4 rings (SSSR count). The number of rotatable bonds is 5. The van der Waals surface area contributed by atoms with Gasteiger partial charge in [0.1, 0.15) is 5.82 Å². The van der Waals surface area contributed by atoms with E-state index in [9.17, 15) is 4.39 Å². The lowest BCUT2D eigenvalue weighted by Crippen LogP contribution is -2.44. The third kappa shape index (κ3) is 4.81. The predicted molar refractivity (Wildman–Crippen MR) is 115 cm³/mol. The van der Waals surface area contributed by atoms with Gasteiger partial charge in [-0.1, -0.05) is 66.7 Å². The number of halogens is 1. The van der Waals surface area contributed by atoms with E-state index in [0.717, 1.165) is 23.1 Å². The fourth-order valence-corrected chi connectivity index (χ4v) is 3.49. The van der Waals surface area contributed by atoms with E-state index >= 15 is 0 Å². The highest BCUT2D eigenvalue weighted by Gasteiger charge is 2.32. The Bertz CT molecular complexity index is 965. The van der Waals surface area contributed by atoms with Gasteiger partial charge in [0.15, 0.2) is 0 Å². The molecule has 0 radical (unpaired) electrons. The Labute approximate surface area is 171 Å². The summed E-state index contributed by atoms with van der Waals surface area (Å²) in [5, 5.41) is 0. The zero-order valence-corrected chi connectivity index (χ0v) is 16.4. The lowest BCUT2D eigenvalue weighted by Gasteiger charge is -2.29. The summed E-state index contributed by atoms with van der Waals surface area (Å²) in [7, 11) is -0.627. The van der Waals surface area contributed by atoms with Crippen molar-refractivity contribution in [1.29, 1.82) is 0 Å². The van der Waals surface area contributed by atoms with Crippen molar-refractivity contribution in [2.24, 2.45) is 4.99 Å². The first kappa shape index (κ1) is 19.6. The van der Waals surface area contributed by atoms with Crippen LogP contribution in [0.15, 0.2) is 83.9 Å². The molecule has 0 aromatic heterocycles. The SMILES string of the molecule is C[C@@H](N=Cc1ccc(F)cc1B1OCC[C@H](c2ccccc2)O1)c1ccccc1. The van der Waals surface area contributed by atoms with Crippen molar-refractivity contribution in [3.05, 3.63) is 101 Å². The van der Waals surface area contributed by atoms with E-state index in [1.165, 1.54) is 12.1 Å². The molecule has 1 aliphatic heterocycles. The van der Waals surface area contributed by atoms with Gasteiger partial charge in [0.25, 0.3) is 0 Å². The van der Waals surface area contributed by atoms with E-state index < -0.39 is 7.12 Å². The van der Waals surface area contributed by atoms with E-state index in [-0.39, 0.29) is 18.0 Å². The van der Waals surface area contributed by atoms with Crippen LogP contribution in [0, 0.1) is 5.82 Å². The first-order chi connectivity index (χ1) is 14.2. The van der Waals surface area contributed by atoms with Gasteiger partial charge < -0.3 is 9.31 Å². The van der Waals surface area contributed by atoms with Crippen LogP contribution < -0.4 is 5.46 Å². The number of hydrogen-bond acceptors (Lipinski definition) is 3. The van der Waals surface area contributed by atoms with Crippen molar-refractivity contribution in [1.82, 2.24) is 0 Å². The molecular formula is C24H23BFNO2. The summed E-state index contributed by atoms with van der Waals surface area (Å²) in [6.07, 6.45) is 2.47. The first-order valence-electron chi connectivity index (χ1n) is 9.90. The summed E-state index contributed by atoms with van der Waals surface area (Å²) < 4.78 is 26.1. The first-order valence-corrected chi connectivity index (χ1v) is 9.90. The molecule has 29 heavy (non-hydrogen) atoms. The molecule has 0 amide bonds. The number of benzene rings is 3. The fraction of sp³-hybridized carbons (Fsp3) is 0.208. The Morgan fingerprint density at radius 2 is 1.76 bits per heavy atom. The van der Waals surface area contributed by atoms with Crippen molar-refractivity contribution in [3.63, 3.8) is 0 Å². The Morgan fingerprint density at radius 3 is 2.52 bits per heavy atom. The molecule has 0 spiro atoms. The molecule has 1 heterocycles. The molecule has 1 saturated heterocycles. The molecule has 5 heteroatoms. The maximum Gasteiger partial charge on any atom is 0.495 e. The molecule has 0 bridgehead atoms. The number of nitrogens with zero attached hydrogens (tertiary/aromatic N) is 1. The molecule has 1 fully saturated rings. The molecule has 0 aliphatic carbocycles. The molecule has 146 valence electrons. The number of aliphatic imine (C=N–C) groups is 1. The Kier molecular flexibility index (Phi) is 6.18. The van der Waals surface area contributed by atoms with E-state index in [0.29, 0.717) is 12.1 Å². The second-order valence-electron chi connectivity index (χ2n) is 7.16. The van der Waals surface area contributed by atoms with Crippen LogP contribution in [0.3, 0.4) is 0 Å². The van der Waals surface area contributed by atoms with Crippen LogP contribution >= 0.6 is 0 Å². The summed E-state index contributed by atoms with van der Waals surface area (Å²) in [5.41, 5.74) is 3.69. The van der Waals surface area contributed by atoms with Crippen LogP contribution in [-0.2, 0) is 9.31 Å². The zero-order valence-electron chi connectivity index (χ0n) is 16.4. The van der Waals surface area contributed by atoms with Crippen molar-refractivity contribution in [2.45, 2.75) is 25.5 Å². The van der Waals surface area contributed by atoms with E-state index in [2.05, 4.69) is 4.99 Å². The minimum absolute atomic E-state index is 0.000590. The van der Waals surface area contributed by atoms with Gasteiger partial charge in [-0.25, -0.2) is 4.39 Å². The summed E-state index contributed by atoms with van der Waals surface area (Å²) in [4.78, 5) is 4.67. The smallest absolute Gasteiger partial charge is 0.407 e. The Balaban J connectivity index is 1.57. The van der Waals surface area contributed by atoms with Gasteiger partial charge in [-0.05, 0) is 47.6 Å². The van der Waals surface area contributed by atoms with Gasteiger partial charge in [-0.3, -0.25) is 4.99 Å². The standard InChI is InChI=1S/C24H23BFNO2/c1-18(19-8-4-2-5-9-19)27-17-21-12-13-22(26)16-23(21)25-28-15-14-24(29-25)20-10-6-3-7-11-20/h2-13,16-18,24H,14-15H2,1H3/t18-,24-/m1/s1. The quantitative estimate of drug-likeness (QED) is 0.462. The highest BCUT2D eigenvalue weighted by molar-refractivity contribution is 6.62. The molecule has 2 atom stereocenters. The predicted octanol–water partition coefficient (Wildman–Crippen LogP) is 4.88. The van der Waals surface area contributed by atoms with Crippen LogP contribution in [0.25, 0.3) is 0 Å². The fourth-order valence-electron chi connectivity index (χ4n) is 3.49. The topological polar surface area (TPSA) is 30.8 Å². The average molecular weight is 387 g/mol. The second kappa shape index (κ2) is 9.16. The lowest BCUT2D eigenvalue weighted by molar-refractivity contribution is 0.0745. The van der Waals surface area contributed by atoms with Gasteiger partial charge >= 0.3 is 7.12 Å². The van der Waals surface area contributed by atoms with Crippen molar-refractivity contribution < 1.29 is 13.7 Å². The van der Waals surface area contributed by atoms with Crippen LogP contribution in [0.1, 0.15) is 42.2 Å². The summed E-state index contributed by atoms with van der Waals surface area (Å²) in [5.74, 6) is -0.317. The molecule has 3 aromatic rings. The minimum Gasteiger partial charge on any atom is -0.407 e. The summed E-state index contributed by atoms with van der Waals surface area (Å²) >= 11 is 0. The molecule has 0 N–H and O–H groups in total. The lowest BCUT2D eigenvalue weighted by atomic mass is 9.74. The maximum absolute atomic E-state index is 14.0. The van der Waals surface area contributed by atoms with E-state index in [1.54, 1.807) is 12.3 Å². The summed E-state index contributed by atoms with van der Waals surface area (Å²) in [6, 6.07) is 24.8. The third-order valence-electron chi connectivity index (χ3n) is 5.13. The molecular weight excluding hydrogens is 364 g/mol. The molecule has 0 saturated carbocycles. The van der Waals surface area contributed by atoms with Gasteiger partial charge in [-0.15, -0.1) is 0 Å². The second-order valence-corrected chi connectivity index (χ2v) is 7.16. The molecule has 3 aromatic carbocycles. The highest BCUT2D eigenvalue weighted by atomic mass is 19.1. The zero-order chi connectivity index (χ0) is 20.1. The largest absolute Gasteiger partial charge is 0.495 e. The van der Waals surface area contributed by atoms with Crippen molar-refractivity contribution >= 4 is 18.8 Å². The third-order valence-corrected chi connectivity index (χ3v) is 5.13. The van der Waals surface area contributed by atoms with Gasteiger partial charge in [0.2, 0.25) is 0 Å². The Morgan fingerprint density at radius 1 is 1.03 bits per heavy atom. The normalized spacial score (nSPS) is 18.1. The van der Waals surface area contributed by atoms with Crippen LogP contribution in [0.5, 0.6) is 0 Å². The average Bonchev–Trinajstić information content (AvgIpc) is 2.79. The monoisotopic (exact) mass is 387 g/mol. The van der Waals surface area contributed by atoms with E-state index in [1.807, 2.05) is 67.6 Å². The summed E-state index contributed by atoms with van der Waals surface area (Å²) in [6.45, 7) is 2.59. The van der Waals surface area contributed by atoms with Gasteiger partial charge in [0, 0.05) is 12.8 Å². The number of hydrogen-bond donors (Lipinski definition) is 0. The van der Waals surface area contributed by atoms with E-state index in [4.69, 9.17) is 9.31 Å². The van der Waals surface area contributed by atoms with Crippen LogP contribution in [-0.4, -0.2) is 19.9 Å².